The van der Waals surface area contributed by atoms with E-state index in [-0.39, 0.29) is 11.6 Å². The molecule has 0 amide bonds. The second kappa shape index (κ2) is 5.50. The first kappa shape index (κ1) is 15.2. The molecule has 0 aromatic carbocycles. The maximum Gasteiger partial charge on any atom is 0.243 e. The molecule has 6 nitrogen and oxygen atoms in total. The van der Waals surface area contributed by atoms with Crippen molar-refractivity contribution >= 4 is 0 Å². The zero-order chi connectivity index (χ0) is 15.9. The van der Waals surface area contributed by atoms with Crippen LogP contribution in [0.25, 0.3) is 0 Å². The first-order valence-electron chi connectivity index (χ1n) is 8.00. The summed E-state index contributed by atoms with van der Waals surface area (Å²) in [6.45, 7) is 10.5. The molecule has 2 aromatic rings. The van der Waals surface area contributed by atoms with E-state index in [1.807, 2.05) is 13.1 Å². The van der Waals surface area contributed by atoms with Gasteiger partial charge in [0.15, 0.2) is 5.82 Å². The van der Waals surface area contributed by atoms with E-state index in [1.54, 1.807) is 0 Å². The molecule has 0 spiro atoms. The SMILES string of the molecule is Cc1noc([C@@H](C)N[C@H]2CCCc3c2cnn3C(C)(C)C)n1. The molecule has 120 valence electrons. The van der Waals surface area contributed by atoms with E-state index >= 15 is 0 Å². The average molecular weight is 303 g/mol. The zero-order valence-corrected chi connectivity index (χ0v) is 14.1. The van der Waals surface area contributed by atoms with Gasteiger partial charge in [-0.2, -0.15) is 10.1 Å². The fourth-order valence-corrected chi connectivity index (χ4v) is 3.17. The first-order valence-corrected chi connectivity index (χ1v) is 8.00. The van der Waals surface area contributed by atoms with Gasteiger partial charge in [0.25, 0.3) is 0 Å². The fourth-order valence-electron chi connectivity index (χ4n) is 3.17. The molecule has 0 saturated heterocycles. The summed E-state index contributed by atoms with van der Waals surface area (Å²) in [6.07, 6.45) is 5.39. The highest BCUT2D eigenvalue weighted by atomic mass is 16.5. The van der Waals surface area contributed by atoms with Crippen molar-refractivity contribution in [3.05, 3.63) is 29.2 Å². The quantitative estimate of drug-likeness (QED) is 0.943. The van der Waals surface area contributed by atoms with Crippen LogP contribution in [-0.2, 0) is 12.0 Å². The average Bonchev–Trinajstić information content (AvgIpc) is 3.04. The zero-order valence-electron chi connectivity index (χ0n) is 14.1. The number of fused-ring (bicyclic) bond motifs is 1. The highest BCUT2D eigenvalue weighted by Crippen LogP contribution is 2.33. The molecule has 2 atom stereocenters. The summed E-state index contributed by atoms with van der Waals surface area (Å²) >= 11 is 0. The molecule has 2 heterocycles. The molecule has 2 aromatic heterocycles. The molecule has 0 bridgehead atoms. The Balaban J connectivity index is 1.82. The van der Waals surface area contributed by atoms with Crippen molar-refractivity contribution in [1.82, 2.24) is 25.2 Å². The molecule has 1 aliphatic carbocycles. The molecular weight excluding hydrogens is 278 g/mol. The second-order valence-electron chi connectivity index (χ2n) is 7.14. The van der Waals surface area contributed by atoms with E-state index in [2.05, 4.69) is 52.9 Å². The van der Waals surface area contributed by atoms with Crippen molar-refractivity contribution in [3.8, 4) is 0 Å². The monoisotopic (exact) mass is 303 g/mol. The molecule has 0 unspecified atom stereocenters. The van der Waals surface area contributed by atoms with E-state index < -0.39 is 0 Å². The molecule has 0 radical (unpaired) electrons. The molecule has 0 fully saturated rings. The molecule has 3 rings (SSSR count). The van der Waals surface area contributed by atoms with Crippen LogP contribution in [-0.4, -0.2) is 19.9 Å². The fraction of sp³-hybridized carbons (Fsp3) is 0.688. The molecule has 6 heteroatoms. The van der Waals surface area contributed by atoms with Crippen molar-refractivity contribution in [1.29, 1.82) is 0 Å². The Morgan fingerprint density at radius 3 is 2.82 bits per heavy atom. The number of nitrogens with zero attached hydrogens (tertiary/aromatic N) is 4. The summed E-state index contributed by atoms with van der Waals surface area (Å²) in [7, 11) is 0. The number of hydrogen-bond acceptors (Lipinski definition) is 5. The summed E-state index contributed by atoms with van der Waals surface area (Å²) in [4.78, 5) is 4.32. The minimum absolute atomic E-state index is 0.0185. The Hall–Kier alpha value is -1.69. The smallest absolute Gasteiger partial charge is 0.243 e. The topological polar surface area (TPSA) is 68.8 Å². The maximum absolute atomic E-state index is 5.27. The van der Waals surface area contributed by atoms with E-state index in [4.69, 9.17) is 4.52 Å². The second-order valence-corrected chi connectivity index (χ2v) is 7.14. The van der Waals surface area contributed by atoms with Crippen molar-refractivity contribution in [2.45, 2.75) is 71.5 Å². The number of rotatable bonds is 3. The highest BCUT2D eigenvalue weighted by molar-refractivity contribution is 5.26. The van der Waals surface area contributed by atoms with Crippen molar-refractivity contribution < 1.29 is 4.52 Å². The molecule has 0 saturated carbocycles. The standard InChI is InChI=1S/C16H25N5O/c1-10(15-19-11(2)20-22-15)18-13-7-6-8-14-12(13)9-17-21(14)16(3,4)5/h9-10,13,18H,6-8H2,1-5H3/t10-,13+/m1/s1. The van der Waals surface area contributed by atoms with Crippen LogP contribution in [0.15, 0.2) is 10.7 Å². The van der Waals surface area contributed by atoms with Gasteiger partial charge in [-0.15, -0.1) is 0 Å². The van der Waals surface area contributed by atoms with Crippen molar-refractivity contribution in [3.63, 3.8) is 0 Å². The van der Waals surface area contributed by atoms with Gasteiger partial charge in [0, 0.05) is 17.3 Å². The Bertz CT molecular complexity index is 652. The third-order valence-electron chi connectivity index (χ3n) is 4.18. The molecular formula is C16H25N5O. The lowest BCUT2D eigenvalue weighted by molar-refractivity contribution is 0.306. The van der Waals surface area contributed by atoms with Crippen LogP contribution >= 0.6 is 0 Å². The summed E-state index contributed by atoms with van der Waals surface area (Å²) in [5.41, 5.74) is 2.68. The minimum atomic E-state index is 0.0185. The summed E-state index contributed by atoms with van der Waals surface area (Å²) in [5, 5.41) is 12.1. The van der Waals surface area contributed by atoms with Crippen LogP contribution in [0.4, 0.5) is 0 Å². The van der Waals surface area contributed by atoms with Crippen LogP contribution in [0.5, 0.6) is 0 Å². The van der Waals surface area contributed by atoms with Gasteiger partial charge in [-0.3, -0.25) is 10.00 Å². The van der Waals surface area contributed by atoms with E-state index in [0.717, 1.165) is 12.8 Å². The van der Waals surface area contributed by atoms with E-state index in [1.165, 1.54) is 17.7 Å². The van der Waals surface area contributed by atoms with E-state index in [9.17, 15) is 0 Å². The third-order valence-corrected chi connectivity index (χ3v) is 4.18. The third kappa shape index (κ3) is 2.79. The Morgan fingerprint density at radius 1 is 1.41 bits per heavy atom. The molecule has 0 aliphatic heterocycles. The predicted molar refractivity (Wildman–Crippen MR) is 83.5 cm³/mol. The van der Waals surface area contributed by atoms with Crippen LogP contribution < -0.4 is 5.32 Å². The lowest BCUT2D eigenvalue weighted by atomic mass is 9.91. The Morgan fingerprint density at radius 2 is 2.18 bits per heavy atom. The van der Waals surface area contributed by atoms with Crippen molar-refractivity contribution in [2.75, 3.05) is 0 Å². The van der Waals surface area contributed by atoms with Crippen LogP contribution in [0, 0.1) is 6.92 Å². The number of aryl methyl sites for hydroxylation is 1. The predicted octanol–water partition coefficient (Wildman–Crippen LogP) is 3.06. The summed E-state index contributed by atoms with van der Waals surface area (Å²) < 4.78 is 7.43. The minimum Gasteiger partial charge on any atom is -0.338 e. The largest absolute Gasteiger partial charge is 0.338 e. The Labute approximate surface area is 131 Å². The van der Waals surface area contributed by atoms with Crippen molar-refractivity contribution in [2.24, 2.45) is 0 Å². The number of hydrogen-bond donors (Lipinski definition) is 1. The first-order chi connectivity index (χ1) is 10.4. The van der Waals surface area contributed by atoms with Gasteiger partial charge in [-0.1, -0.05) is 5.16 Å². The number of nitrogens with one attached hydrogen (secondary N) is 1. The molecule has 1 N–H and O–H groups in total. The van der Waals surface area contributed by atoms with Gasteiger partial charge >= 0.3 is 0 Å². The van der Waals surface area contributed by atoms with Crippen LogP contribution in [0.2, 0.25) is 0 Å². The maximum atomic E-state index is 5.27. The lowest BCUT2D eigenvalue weighted by Crippen LogP contribution is -2.30. The number of aromatic nitrogens is 4. The van der Waals surface area contributed by atoms with Gasteiger partial charge in [0.05, 0.1) is 17.8 Å². The summed E-state index contributed by atoms with van der Waals surface area (Å²) in [6, 6.07) is 0.331. The lowest BCUT2D eigenvalue weighted by Gasteiger charge is -2.29. The molecule has 1 aliphatic rings. The summed E-state index contributed by atoms with van der Waals surface area (Å²) in [5.74, 6) is 1.32. The van der Waals surface area contributed by atoms with Gasteiger partial charge < -0.3 is 4.52 Å². The highest BCUT2D eigenvalue weighted by Gasteiger charge is 2.29. The van der Waals surface area contributed by atoms with Gasteiger partial charge in [-0.25, -0.2) is 0 Å². The van der Waals surface area contributed by atoms with Gasteiger partial charge in [0.1, 0.15) is 0 Å². The van der Waals surface area contributed by atoms with Crippen LogP contribution in [0.3, 0.4) is 0 Å². The van der Waals surface area contributed by atoms with Crippen LogP contribution in [0.1, 0.15) is 75.6 Å². The molecule has 22 heavy (non-hydrogen) atoms. The normalized spacial score (nSPS) is 20.0. The Kier molecular flexibility index (Phi) is 3.80. The van der Waals surface area contributed by atoms with Gasteiger partial charge in [0.2, 0.25) is 5.89 Å². The van der Waals surface area contributed by atoms with E-state index in [0.29, 0.717) is 17.8 Å². The van der Waals surface area contributed by atoms with Gasteiger partial charge in [-0.05, 0) is 53.9 Å².